The number of halogens is 2. The van der Waals surface area contributed by atoms with E-state index < -0.39 is 34.2 Å². The molecule has 170 valence electrons. The number of rotatable bonds is 8. The van der Waals surface area contributed by atoms with Crippen LogP contribution in [0.2, 0.25) is 0 Å². The highest BCUT2D eigenvalue weighted by Gasteiger charge is 2.22. The van der Waals surface area contributed by atoms with Crippen molar-refractivity contribution in [1.29, 1.82) is 5.26 Å². The minimum atomic E-state index is -3.93. The van der Waals surface area contributed by atoms with Crippen LogP contribution < -0.4 is 4.74 Å². The zero-order valence-electron chi connectivity index (χ0n) is 17.3. The van der Waals surface area contributed by atoms with Crippen LogP contribution in [0.25, 0.3) is 11.1 Å². The van der Waals surface area contributed by atoms with Crippen molar-refractivity contribution in [1.82, 2.24) is 4.31 Å². The number of benzene rings is 3. The van der Waals surface area contributed by atoms with E-state index in [0.717, 1.165) is 40.7 Å². The van der Waals surface area contributed by atoms with Crippen LogP contribution in [-0.2, 0) is 21.4 Å². The van der Waals surface area contributed by atoms with Gasteiger partial charge in [-0.3, -0.25) is 0 Å². The highest BCUT2D eigenvalue weighted by Crippen LogP contribution is 2.33. The van der Waals surface area contributed by atoms with Crippen LogP contribution in [-0.4, -0.2) is 37.5 Å². The highest BCUT2D eigenvalue weighted by molar-refractivity contribution is 7.89. The Morgan fingerprint density at radius 2 is 1.76 bits per heavy atom. The van der Waals surface area contributed by atoms with Crippen LogP contribution in [0, 0.1) is 23.0 Å². The third kappa shape index (κ3) is 5.71. The Bertz CT molecular complexity index is 1340. The third-order valence-corrected chi connectivity index (χ3v) is 6.48. The van der Waals surface area contributed by atoms with Crippen molar-refractivity contribution in [3.05, 3.63) is 83.4 Å². The number of carboxylic acids is 1. The summed E-state index contributed by atoms with van der Waals surface area (Å²) in [6.45, 7) is -0.738. The van der Waals surface area contributed by atoms with Crippen molar-refractivity contribution in [3.63, 3.8) is 0 Å². The van der Waals surface area contributed by atoms with E-state index >= 15 is 0 Å². The van der Waals surface area contributed by atoms with E-state index in [-0.39, 0.29) is 33.9 Å². The fraction of sp³-hybridized carbons (Fsp3) is 0.130. The van der Waals surface area contributed by atoms with Gasteiger partial charge in [0.25, 0.3) is 0 Å². The lowest BCUT2D eigenvalue weighted by molar-refractivity contribution is -0.139. The van der Waals surface area contributed by atoms with Gasteiger partial charge in [0.2, 0.25) is 10.0 Å². The second-order valence-electron chi connectivity index (χ2n) is 7.07. The van der Waals surface area contributed by atoms with E-state index in [1.54, 1.807) is 6.07 Å². The number of nitrogens with zero attached hydrogens (tertiary/aromatic N) is 2. The van der Waals surface area contributed by atoms with Gasteiger partial charge in [-0.2, -0.15) is 9.57 Å². The largest absolute Gasteiger partial charge is 0.481 e. The smallest absolute Gasteiger partial charge is 0.341 e. The molecule has 0 saturated heterocycles. The molecule has 0 radical (unpaired) electrons. The Balaban J connectivity index is 1.99. The number of carboxylic acid groups (broad SMARTS) is 1. The molecule has 1 N–H and O–H groups in total. The molecule has 0 heterocycles. The van der Waals surface area contributed by atoms with Gasteiger partial charge in [-0.1, -0.05) is 6.07 Å². The van der Waals surface area contributed by atoms with Crippen LogP contribution in [0.1, 0.15) is 11.1 Å². The van der Waals surface area contributed by atoms with Gasteiger partial charge < -0.3 is 9.84 Å². The summed E-state index contributed by atoms with van der Waals surface area (Å²) in [4.78, 5) is 10.8. The minimum absolute atomic E-state index is 0.0515. The summed E-state index contributed by atoms with van der Waals surface area (Å²) in [5, 5.41) is 18.1. The first-order valence-corrected chi connectivity index (χ1v) is 10.9. The topological polar surface area (TPSA) is 108 Å². The molecule has 0 aliphatic rings. The van der Waals surface area contributed by atoms with Crippen molar-refractivity contribution in [2.75, 3.05) is 13.7 Å². The normalized spacial score (nSPS) is 11.2. The van der Waals surface area contributed by atoms with E-state index in [4.69, 9.17) is 15.1 Å². The molecule has 3 aromatic carbocycles. The standard InChI is InChI=1S/C23H18F2N2O5S/c1-27(33(30,31)20-5-3-18(24)4-6-20)13-15-2-7-22(32-14-23(28)29)21(10-15)17-8-16(12-26)9-19(25)11-17/h2-11H,13-14H2,1H3,(H,28,29). The lowest BCUT2D eigenvalue weighted by Crippen LogP contribution is -2.26. The zero-order valence-corrected chi connectivity index (χ0v) is 18.1. The van der Waals surface area contributed by atoms with Crippen molar-refractivity contribution in [2.24, 2.45) is 0 Å². The predicted octanol–water partition coefficient (Wildman–Crippen LogP) is 3.79. The van der Waals surface area contributed by atoms with E-state index in [0.29, 0.717) is 5.56 Å². The molecule has 0 fully saturated rings. The van der Waals surface area contributed by atoms with Crippen molar-refractivity contribution < 1.29 is 31.8 Å². The van der Waals surface area contributed by atoms with E-state index in [1.807, 2.05) is 6.07 Å². The summed E-state index contributed by atoms with van der Waals surface area (Å²) >= 11 is 0. The molecule has 10 heteroatoms. The average molecular weight is 472 g/mol. The summed E-state index contributed by atoms with van der Waals surface area (Å²) in [5.74, 6) is -2.33. The SMILES string of the molecule is CN(Cc1ccc(OCC(=O)O)c(-c2cc(F)cc(C#N)c2)c1)S(=O)(=O)c1ccc(F)cc1. The minimum Gasteiger partial charge on any atom is -0.481 e. The van der Waals surface area contributed by atoms with Crippen LogP contribution >= 0.6 is 0 Å². The summed E-state index contributed by atoms with van der Waals surface area (Å²) in [5.41, 5.74) is 1.09. The molecule has 0 unspecified atom stereocenters. The van der Waals surface area contributed by atoms with Gasteiger partial charge in [0.05, 0.1) is 16.5 Å². The first-order chi connectivity index (χ1) is 15.6. The van der Waals surface area contributed by atoms with Crippen LogP contribution in [0.4, 0.5) is 8.78 Å². The van der Waals surface area contributed by atoms with Gasteiger partial charge in [0.1, 0.15) is 17.4 Å². The van der Waals surface area contributed by atoms with Crippen molar-refractivity contribution in [3.8, 4) is 22.9 Å². The molecule has 0 aliphatic heterocycles. The van der Waals surface area contributed by atoms with Crippen LogP contribution in [0.5, 0.6) is 5.75 Å². The molecular weight excluding hydrogens is 454 g/mol. The maximum absolute atomic E-state index is 14.0. The molecule has 0 atom stereocenters. The van der Waals surface area contributed by atoms with Gasteiger partial charge in [-0.15, -0.1) is 0 Å². The second-order valence-corrected chi connectivity index (χ2v) is 9.11. The first-order valence-electron chi connectivity index (χ1n) is 9.50. The molecule has 33 heavy (non-hydrogen) atoms. The molecule has 0 aromatic heterocycles. The molecule has 7 nitrogen and oxygen atoms in total. The van der Waals surface area contributed by atoms with Crippen LogP contribution in [0.3, 0.4) is 0 Å². The number of sulfonamides is 1. The van der Waals surface area contributed by atoms with Gasteiger partial charge in [0, 0.05) is 19.2 Å². The Kier molecular flexibility index (Phi) is 7.06. The van der Waals surface area contributed by atoms with Gasteiger partial charge >= 0.3 is 5.97 Å². The van der Waals surface area contributed by atoms with E-state index in [1.165, 1.54) is 25.2 Å². The molecule has 0 saturated carbocycles. The Labute approximate surface area is 189 Å². The van der Waals surface area contributed by atoms with E-state index in [9.17, 15) is 22.0 Å². The fourth-order valence-corrected chi connectivity index (χ4v) is 4.26. The number of hydrogen-bond donors (Lipinski definition) is 1. The van der Waals surface area contributed by atoms with Gasteiger partial charge in [0.15, 0.2) is 6.61 Å². The summed E-state index contributed by atoms with van der Waals surface area (Å²) in [6.07, 6.45) is 0. The zero-order chi connectivity index (χ0) is 24.2. The fourth-order valence-electron chi connectivity index (χ4n) is 3.10. The maximum atomic E-state index is 14.0. The van der Waals surface area contributed by atoms with Crippen LogP contribution in [0.15, 0.2) is 65.6 Å². The van der Waals surface area contributed by atoms with Gasteiger partial charge in [-0.25, -0.2) is 22.0 Å². The third-order valence-electron chi connectivity index (χ3n) is 4.66. The molecule has 3 aromatic rings. The molecular formula is C23H18F2N2O5S. The number of aliphatic carboxylic acids is 1. The maximum Gasteiger partial charge on any atom is 0.341 e. The monoisotopic (exact) mass is 472 g/mol. The number of ether oxygens (including phenoxy) is 1. The summed E-state index contributed by atoms with van der Waals surface area (Å²) in [7, 11) is -2.58. The molecule has 0 spiro atoms. The molecule has 0 aliphatic carbocycles. The molecule has 0 bridgehead atoms. The second kappa shape index (κ2) is 9.77. The number of nitriles is 1. The quantitative estimate of drug-likeness (QED) is 0.535. The van der Waals surface area contributed by atoms with Crippen molar-refractivity contribution in [2.45, 2.75) is 11.4 Å². The molecule has 0 amide bonds. The van der Waals surface area contributed by atoms with Crippen molar-refractivity contribution >= 4 is 16.0 Å². The first kappa shape index (κ1) is 23.8. The Hall–Kier alpha value is -3.81. The number of carbonyl (C=O) groups is 1. The lowest BCUT2D eigenvalue weighted by Gasteiger charge is -2.19. The van der Waals surface area contributed by atoms with Gasteiger partial charge in [-0.05, 0) is 65.7 Å². The molecule has 3 rings (SSSR count). The van der Waals surface area contributed by atoms with E-state index in [2.05, 4.69) is 0 Å². The summed E-state index contributed by atoms with van der Waals surface area (Å²) < 4.78 is 59.2. The highest BCUT2D eigenvalue weighted by atomic mass is 32.2. The Morgan fingerprint density at radius 3 is 2.39 bits per heavy atom. The lowest BCUT2D eigenvalue weighted by atomic mass is 10.00. The number of hydrogen-bond acceptors (Lipinski definition) is 5. The average Bonchev–Trinajstić information content (AvgIpc) is 2.77. The Morgan fingerprint density at radius 1 is 1.06 bits per heavy atom. The predicted molar refractivity (Wildman–Crippen MR) is 115 cm³/mol. The summed E-state index contributed by atoms with van der Waals surface area (Å²) in [6, 6.07) is 14.4.